The Balaban J connectivity index is 1.48. The number of amides is 1. The van der Waals surface area contributed by atoms with E-state index in [1.807, 2.05) is 30.3 Å². The fourth-order valence-corrected chi connectivity index (χ4v) is 4.16. The number of nitrogens with zero attached hydrogens (tertiary/aromatic N) is 2. The normalized spacial score (nSPS) is 16.8. The number of rotatable bonds is 7. The van der Waals surface area contributed by atoms with Crippen LogP contribution in [-0.2, 0) is 4.79 Å². The van der Waals surface area contributed by atoms with Crippen LogP contribution in [-0.4, -0.2) is 50.7 Å². The second-order valence-corrected chi connectivity index (χ2v) is 8.21. The van der Waals surface area contributed by atoms with Gasteiger partial charge in [-0.15, -0.1) is 0 Å². The third kappa shape index (κ3) is 4.43. The number of methoxy groups -OCH3 is 1. The molecule has 30 heavy (non-hydrogen) atoms. The van der Waals surface area contributed by atoms with Crippen molar-refractivity contribution in [2.24, 2.45) is 0 Å². The minimum Gasteiger partial charge on any atom is -0.493 e. The molecule has 0 radical (unpaired) electrons. The summed E-state index contributed by atoms with van der Waals surface area (Å²) in [6.07, 6.45) is 4.41. The van der Waals surface area contributed by atoms with Crippen LogP contribution in [0.2, 0.25) is 10.0 Å². The molecule has 2 aliphatic heterocycles. The first kappa shape index (κ1) is 21.0. The number of hydrogen-bond donors (Lipinski definition) is 0. The van der Waals surface area contributed by atoms with Gasteiger partial charge in [0.25, 0.3) is 5.91 Å². The lowest BCUT2D eigenvalue weighted by Crippen LogP contribution is -2.26. The van der Waals surface area contributed by atoms with Gasteiger partial charge in [-0.25, -0.2) is 0 Å². The second-order valence-electron chi connectivity index (χ2n) is 7.39. The summed E-state index contributed by atoms with van der Waals surface area (Å²) in [4.78, 5) is 17.2. The van der Waals surface area contributed by atoms with Gasteiger partial charge in [0.05, 0.1) is 17.2 Å². The third-order valence-corrected chi connectivity index (χ3v) is 6.25. The molecule has 7 heteroatoms. The SMILES string of the molecule is COc1ccc(N2CC=C(c3ccc(Cl)c(Cl)c3)C2=O)cc1OCCN1CCCC1. The van der Waals surface area contributed by atoms with Gasteiger partial charge in [-0.05, 0) is 55.8 Å². The van der Waals surface area contributed by atoms with Crippen LogP contribution < -0.4 is 14.4 Å². The first-order valence-electron chi connectivity index (χ1n) is 10.1. The van der Waals surface area contributed by atoms with Gasteiger partial charge in [-0.2, -0.15) is 0 Å². The molecule has 0 N–H and O–H groups in total. The number of carbonyl (C=O) groups excluding carboxylic acids is 1. The lowest BCUT2D eigenvalue weighted by atomic mass is 10.1. The highest BCUT2D eigenvalue weighted by Crippen LogP contribution is 2.35. The molecule has 0 unspecified atom stereocenters. The molecule has 0 spiro atoms. The summed E-state index contributed by atoms with van der Waals surface area (Å²) in [5, 5.41) is 0.897. The van der Waals surface area contributed by atoms with Crippen LogP contribution in [0.1, 0.15) is 18.4 Å². The monoisotopic (exact) mass is 446 g/mol. The molecule has 0 aromatic heterocycles. The maximum atomic E-state index is 13.1. The summed E-state index contributed by atoms with van der Waals surface area (Å²) < 4.78 is 11.5. The molecular weight excluding hydrogens is 423 g/mol. The fraction of sp³-hybridized carbons (Fsp3) is 0.348. The minimum absolute atomic E-state index is 0.0819. The Labute approximate surface area is 186 Å². The van der Waals surface area contributed by atoms with E-state index >= 15 is 0 Å². The third-order valence-electron chi connectivity index (χ3n) is 5.51. The van der Waals surface area contributed by atoms with Gasteiger partial charge < -0.3 is 14.4 Å². The molecule has 1 saturated heterocycles. The average Bonchev–Trinajstić information content (AvgIpc) is 3.40. The van der Waals surface area contributed by atoms with Crippen LogP contribution in [0, 0.1) is 0 Å². The maximum absolute atomic E-state index is 13.1. The van der Waals surface area contributed by atoms with Crippen LogP contribution in [0.25, 0.3) is 5.57 Å². The molecule has 5 nitrogen and oxygen atoms in total. The molecule has 158 valence electrons. The number of likely N-dealkylation sites (tertiary alicyclic amines) is 1. The van der Waals surface area contributed by atoms with E-state index in [-0.39, 0.29) is 5.91 Å². The van der Waals surface area contributed by atoms with E-state index < -0.39 is 0 Å². The molecule has 0 atom stereocenters. The summed E-state index contributed by atoms with van der Waals surface area (Å²) >= 11 is 12.1. The number of anilines is 1. The largest absolute Gasteiger partial charge is 0.493 e. The molecule has 2 aromatic carbocycles. The Morgan fingerprint density at radius 3 is 2.53 bits per heavy atom. The quantitative estimate of drug-likeness (QED) is 0.605. The number of ether oxygens (including phenoxy) is 2. The van der Waals surface area contributed by atoms with Crippen LogP contribution in [0.4, 0.5) is 5.69 Å². The standard InChI is InChI=1S/C23H24Cl2N2O3/c1-29-21-7-5-17(15-22(21)30-13-12-26-9-2-3-10-26)27-11-8-18(23(27)28)16-4-6-19(24)20(25)14-16/h4-8,14-15H,2-3,9-13H2,1H3. The highest BCUT2D eigenvalue weighted by Gasteiger charge is 2.27. The zero-order chi connectivity index (χ0) is 21.1. The van der Waals surface area contributed by atoms with Crippen LogP contribution in [0.15, 0.2) is 42.5 Å². The summed E-state index contributed by atoms with van der Waals surface area (Å²) in [6, 6.07) is 10.8. The first-order valence-corrected chi connectivity index (χ1v) is 10.8. The highest BCUT2D eigenvalue weighted by atomic mass is 35.5. The van der Waals surface area contributed by atoms with Crippen molar-refractivity contribution in [3.05, 3.63) is 58.1 Å². The molecule has 0 aliphatic carbocycles. The molecule has 1 amide bonds. The lowest BCUT2D eigenvalue weighted by molar-refractivity contribution is -0.112. The van der Waals surface area contributed by atoms with Crippen molar-refractivity contribution >= 4 is 40.4 Å². The van der Waals surface area contributed by atoms with Crippen LogP contribution >= 0.6 is 23.2 Å². The average molecular weight is 447 g/mol. The first-order chi connectivity index (χ1) is 14.6. The molecule has 1 fully saturated rings. The Morgan fingerprint density at radius 1 is 1.00 bits per heavy atom. The van der Waals surface area contributed by atoms with E-state index in [1.165, 1.54) is 12.8 Å². The Hall–Kier alpha value is -2.21. The predicted molar refractivity (Wildman–Crippen MR) is 121 cm³/mol. The summed E-state index contributed by atoms with van der Waals surface area (Å²) in [5.74, 6) is 1.22. The smallest absolute Gasteiger partial charge is 0.258 e. The predicted octanol–water partition coefficient (Wildman–Crippen LogP) is 4.91. The Morgan fingerprint density at radius 2 is 1.80 bits per heavy atom. The van der Waals surface area contributed by atoms with Crippen molar-refractivity contribution in [3.8, 4) is 11.5 Å². The topological polar surface area (TPSA) is 42.0 Å². The van der Waals surface area contributed by atoms with Gasteiger partial charge in [-0.3, -0.25) is 9.69 Å². The lowest BCUT2D eigenvalue weighted by Gasteiger charge is -2.20. The fourth-order valence-electron chi connectivity index (χ4n) is 3.86. The summed E-state index contributed by atoms with van der Waals surface area (Å²) in [7, 11) is 1.62. The molecule has 4 rings (SSSR count). The minimum atomic E-state index is -0.0819. The van der Waals surface area contributed by atoms with E-state index in [4.69, 9.17) is 32.7 Å². The van der Waals surface area contributed by atoms with E-state index in [0.29, 0.717) is 40.3 Å². The molecule has 2 aliphatic rings. The second kappa shape index (κ2) is 9.29. The van der Waals surface area contributed by atoms with Gasteiger partial charge in [-0.1, -0.05) is 35.3 Å². The van der Waals surface area contributed by atoms with Gasteiger partial charge in [0.15, 0.2) is 11.5 Å². The van der Waals surface area contributed by atoms with Gasteiger partial charge in [0.1, 0.15) is 6.61 Å². The van der Waals surface area contributed by atoms with Crippen molar-refractivity contribution in [1.29, 1.82) is 0 Å². The van der Waals surface area contributed by atoms with E-state index in [0.717, 1.165) is 30.9 Å². The Bertz CT molecular complexity index is 971. The van der Waals surface area contributed by atoms with Crippen LogP contribution in [0.3, 0.4) is 0 Å². The van der Waals surface area contributed by atoms with Crippen molar-refractivity contribution in [3.63, 3.8) is 0 Å². The van der Waals surface area contributed by atoms with Gasteiger partial charge >= 0.3 is 0 Å². The van der Waals surface area contributed by atoms with Gasteiger partial charge in [0.2, 0.25) is 0 Å². The molecular formula is C23H24Cl2N2O3. The van der Waals surface area contributed by atoms with Crippen LogP contribution in [0.5, 0.6) is 11.5 Å². The van der Waals surface area contributed by atoms with Crippen molar-refractivity contribution < 1.29 is 14.3 Å². The van der Waals surface area contributed by atoms with Gasteiger partial charge in [0, 0.05) is 30.4 Å². The van der Waals surface area contributed by atoms with E-state index in [9.17, 15) is 4.79 Å². The summed E-state index contributed by atoms with van der Waals surface area (Å²) in [5.41, 5.74) is 2.14. The van der Waals surface area contributed by atoms with E-state index in [2.05, 4.69) is 4.90 Å². The molecule has 2 heterocycles. The number of carbonyl (C=O) groups is 1. The molecule has 0 saturated carbocycles. The zero-order valence-corrected chi connectivity index (χ0v) is 18.4. The van der Waals surface area contributed by atoms with E-state index in [1.54, 1.807) is 24.1 Å². The van der Waals surface area contributed by atoms with Crippen molar-refractivity contribution in [2.45, 2.75) is 12.8 Å². The number of benzene rings is 2. The maximum Gasteiger partial charge on any atom is 0.258 e. The van der Waals surface area contributed by atoms with Crippen molar-refractivity contribution in [2.75, 3.05) is 44.8 Å². The Kier molecular flexibility index (Phi) is 6.52. The number of halogens is 2. The summed E-state index contributed by atoms with van der Waals surface area (Å²) in [6.45, 7) is 4.21. The number of hydrogen-bond acceptors (Lipinski definition) is 4. The van der Waals surface area contributed by atoms with Crippen molar-refractivity contribution in [1.82, 2.24) is 4.90 Å². The highest BCUT2D eigenvalue weighted by molar-refractivity contribution is 6.42. The zero-order valence-electron chi connectivity index (χ0n) is 16.9. The molecule has 2 aromatic rings. The molecule has 0 bridgehead atoms.